The Kier molecular flexibility index (Phi) is 4.44. The van der Waals surface area contributed by atoms with E-state index < -0.39 is 0 Å². The predicted molar refractivity (Wildman–Crippen MR) is 73.7 cm³/mol. The maximum atomic E-state index is 5.94. The van der Waals surface area contributed by atoms with E-state index in [-0.39, 0.29) is 0 Å². The highest BCUT2D eigenvalue weighted by Crippen LogP contribution is 2.48. The van der Waals surface area contributed by atoms with Gasteiger partial charge in [-0.3, -0.25) is 0 Å². The quantitative estimate of drug-likeness (QED) is 0.785. The normalized spacial score (nSPS) is 22.5. The fraction of sp³-hybridized carbons (Fsp3) is 0.800. The molecule has 0 spiro atoms. The van der Waals surface area contributed by atoms with Gasteiger partial charge in [0.25, 0.3) is 0 Å². The first-order valence-electron chi connectivity index (χ1n) is 7.29. The molecular formula is C15H26N2O. The molecule has 102 valence electrons. The SMILES string of the molecule is CCNCCCc1ncc(C2CCCC2(C)C)o1. The zero-order valence-electron chi connectivity index (χ0n) is 12.0. The maximum absolute atomic E-state index is 5.94. The number of oxazole rings is 1. The minimum atomic E-state index is 0.376. The molecule has 1 saturated carbocycles. The van der Waals surface area contributed by atoms with Crippen molar-refractivity contribution in [1.82, 2.24) is 10.3 Å². The van der Waals surface area contributed by atoms with Gasteiger partial charge >= 0.3 is 0 Å². The lowest BCUT2D eigenvalue weighted by atomic mass is 9.81. The second-order valence-corrected chi connectivity index (χ2v) is 6.05. The average Bonchev–Trinajstić information content (AvgIpc) is 2.90. The molecule has 18 heavy (non-hydrogen) atoms. The first kappa shape index (κ1) is 13.6. The van der Waals surface area contributed by atoms with Crippen LogP contribution in [0.4, 0.5) is 0 Å². The van der Waals surface area contributed by atoms with E-state index in [2.05, 4.69) is 31.1 Å². The third kappa shape index (κ3) is 3.14. The number of hydrogen-bond donors (Lipinski definition) is 1. The number of rotatable bonds is 6. The summed E-state index contributed by atoms with van der Waals surface area (Å²) in [5.41, 5.74) is 0.376. The van der Waals surface area contributed by atoms with Crippen molar-refractivity contribution in [2.75, 3.05) is 13.1 Å². The summed E-state index contributed by atoms with van der Waals surface area (Å²) in [6.07, 6.45) is 7.86. The Morgan fingerprint density at radius 3 is 3.00 bits per heavy atom. The third-order valence-electron chi connectivity index (χ3n) is 4.17. The van der Waals surface area contributed by atoms with Crippen LogP contribution in [0.2, 0.25) is 0 Å². The number of aryl methyl sites for hydroxylation is 1. The van der Waals surface area contributed by atoms with Crippen molar-refractivity contribution in [2.24, 2.45) is 5.41 Å². The van der Waals surface area contributed by atoms with Crippen LogP contribution in [-0.4, -0.2) is 18.1 Å². The van der Waals surface area contributed by atoms with Gasteiger partial charge in [0, 0.05) is 12.3 Å². The molecule has 3 heteroatoms. The molecule has 0 amide bonds. The zero-order chi connectivity index (χ0) is 13.0. The molecule has 1 aromatic heterocycles. The lowest BCUT2D eigenvalue weighted by Gasteiger charge is -2.24. The van der Waals surface area contributed by atoms with Crippen LogP contribution in [0.15, 0.2) is 10.6 Å². The molecule has 3 nitrogen and oxygen atoms in total. The van der Waals surface area contributed by atoms with Crippen LogP contribution in [0.3, 0.4) is 0 Å². The van der Waals surface area contributed by atoms with Gasteiger partial charge in [-0.05, 0) is 37.8 Å². The number of aromatic nitrogens is 1. The standard InChI is InChI=1S/C15H26N2O/c1-4-16-10-6-8-14-17-11-13(18-14)12-7-5-9-15(12,2)3/h11-12,16H,4-10H2,1-3H3. The molecule has 0 radical (unpaired) electrons. The summed E-state index contributed by atoms with van der Waals surface area (Å²) in [5.74, 6) is 2.58. The fourth-order valence-corrected chi connectivity index (χ4v) is 3.00. The smallest absolute Gasteiger partial charge is 0.194 e. The summed E-state index contributed by atoms with van der Waals surface area (Å²) in [6, 6.07) is 0. The van der Waals surface area contributed by atoms with Crippen LogP contribution >= 0.6 is 0 Å². The first-order chi connectivity index (χ1) is 8.63. The minimum absolute atomic E-state index is 0.376. The summed E-state index contributed by atoms with van der Waals surface area (Å²) >= 11 is 0. The van der Waals surface area contributed by atoms with E-state index in [0.717, 1.165) is 37.6 Å². The van der Waals surface area contributed by atoms with Crippen molar-refractivity contribution in [2.45, 2.75) is 58.8 Å². The number of nitrogens with one attached hydrogen (secondary N) is 1. The lowest BCUT2D eigenvalue weighted by molar-refractivity contribution is 0.287. The predicted octanol–water partition coefficient (Wildman–Crippen LogP) is 3.51. The minimum Gasteiger partial charge on any atom is -0.445 e. The van der Waals surface area contributed by atoms with Gasteiger partial charge < -0.3 is 9.73 Å². The number of nitrogens with zero attached hydrogens (tertiary/aromatic N) is 1. The van der Waals surface area contributed by atoms with Crippen LogP contribution in [0.5, 0.6) is 0 Å². The van der Waals surface area contributed by atoms with Gasteiger partial charge in [-0.1, -0.05) is 27.2 Å². The molecule has 0 aromatic carbocycles. The molecule has 1 aliphatic carbocycles. The summed E-state index contributed by atoms with van der Waals surface area (Å²) in [5, 5.41) is 3.32. The highest BCUT2D eigenvalue weighted by atomic mass is 16.4. The lowest BCUT2D eigenvalue weighted by Crippen LogP contribution is -2.15. The van der Waals surface area contributed by atoms with E-state index in [1.54, 1.807) is 0 Å². The van der Waals surface area contributed by atoms with Gasteiger partial charge in [0.15, 0.2) is 5.89 Å². The Morgan fingerprint density at radius 2 is 2.33 bits per heavy atom. The number of hydrogen-bond acceptors (Lipinski definition) is 3. The Labute approximate surface area is 110 Å². The molecule has 2 rings (SSSR count). The molecule has 0 saturated heterocycles. The first-order valence-corrected chi connectivity index (χ1v) is 7.29. The Hall–Kier alpha value is -0.830. The Balaban J connectivity index is 1.90. The van der Waals surface area contributed by atoms with E-state index in [4.69, 9.17) is 4.42 Å². The summed E-state index contributed by atoms with van der Waals surface area (Å²) in [4.78, 5) is 4.43. The van der Waals surface area contributed by atoms with E-state index >= 15 is 0 Å². The monoisotopic (exact) mass is 250 g/mol. The van der Waals surface area contributed by atoms with Gasteiger partial charge in [0.05, 0.1) is 6.20 Å². The second-order valence-electron chi connectivity index (χ2n) is 6.05. The van der Waals surface area contributed by atoms with Crippen LogP contribution < -0.4 is 5.32 Å². The van der Waals surface area contributed by atoms with E-state index in [9.17, 15) is 0 Å². The molecule has 1 fully saturated rings. The summed E-state index contributed by atoms with van der Waals surface area (Å²) in [7, 11) is 0. The topological polar surface area (TPSA) is 38.1 Å². The fourth-order valence-electron chi connectivity index (χ4n) is 3.00. The highest BCUT2D eigenvalue weighted by molar-refractivity contribution is 5.09. The Morgan fingerprint density at radius 1 is 1.50 bits per heavy atom. The van der Waals surface area contributed by atoms with Crippen molar-refractivity contribution in [1.29, 1.82) is 0 Å². The largest absolute Gasteiger partial charge is 0.445 e. The molecule has 0 aliphatic heterocycles. The zero-order valence-corrected chi connectivity index (χ0v) is 12.0. The molecule has 1 aromatic rings. The summed E-state index contributed by atoms with van der Waals surface area (Å²) in [6.45, 7) is 8.90. The summed E-state index contributed by atoms with van der Waals surface area (Å²) < 4.78 is 5.94. The van der Waals surface area contributed by atoms with Crippen LogP contribution in [-0.2, 0) is 6.42 Å². The maximum Gasteiger partial charge on any atom is 0.194 e. The van der Waals surface area contributed by atoms with Crippen LogP contribution in [0.25, 0.3) is 0 Å². The van der Waals surface area contributed by atoms with Crippen LogP contribution in [0.1, 0.15) is 64.0 Å². The molecule has 0 bridgehead atoms. The highest BCUT2D eigenvalue weighted by Gasteiger charge is 2.37. The van der Waals surface area contributed by atoms with E-state index in [0.29, 0.717) is 11.3 Å². The molecule has 1 aliphatic rings. The van der Waals surface area contributed by atoms with Gasteiger partial charge in [-0.2, -0.15) is 0 Å². The Bertz CT molecular complexity index is 370. The van der Waals surface area contributed by atoms with Crippen molar-refractivity contribution < 1.29 is 4.42 Å². The molecular weight excluding hydrogens is 224 g/mol. The second kappa shape index (κ2) is 5.87. The van der Waals surface area contributed by atoms with Crippen molar-refractivity contribution >= 4 is 0 Å². The van der Waals surface area contributed by atoms with Gasteiger partial charge in [0.1, 0.15) is 5.76 Å². The van der Waals surface area contributed by atoms with Gasteiger partial charge in [0.2, 0.25) is 0 Å². The van der Waals surface area contributed by atoms with Crippen molar-refractivity contribution in [3.05, 3.63) is 17.8 Å². The van der Waals surface area contributed by atoms with Gasteiger partial charge in [-0.15, -0.1) is 0 Å². The van der Waals surface area contributed by atoms with Crippen molar-refractivity contribution in [3.8, 4) is 0 Å². The molecule has 1 unspecified atom stereocenters. The van der Waals surface area contributed by atoms with Gasteiger partial charge in [-0.25, -0.2) is 4.98 Å². The van der Waals surface area contributed by atoms with Crippen molar-refractivity contribution in [3.63, 3.8) is 0 Å². The molecule has 1 N–H and O–H groups in total. The molecule has 1 heterocycles. The van der Waals surface area contributed by atoms with E-state index in [1.807, 2.05) is 6.20 Å². The third-order valence-corrected chi connectivity index (χ3v) is 4.17. The van der Waals surface area contributed by atoms with Crippen LogP contribution in [0, 0.1) is 5.41 Å². The molecule has 1 atom stereocenters. The van der Waals surface area contributed by atoms with E-state index in [1.165, 1.54) is 19.3 Å². The average molecular weight is 250 g/mol.